The zero-order valence-corrected chi connectivity index (χ0v) is 18.1. The molecule has 1 N–H and O–H groups in total. The number of carbonyl (C=O) groups excluding carboxylic acids is 1. The molecule has 154 valence electrons. The highest BCUT2D eigenvalue weighted by Crippen LogP contribution is 2.40. The van der Waals surface area contributed by atoms with Crippen LogP contribution in [0.3, 0.4) is 0 Å². The van der Waals surface area contributed by atoms with Crippen molar-refractivity contribution in [3.05, 3.63) is 53.6 Å². The third-order valence-electron chi connectivity index (χ3n) is 6.66. The van der Waals surface area contributed by atoms with Gasteiger partial charge in [0.05, 0.1) is 0 Å². The van der Waals surface area contributed by atoms with Gasteiger partial charge in [-0.15, -0.1) is 0 Å². The van der Waals surface area contributed by atoms with E-state index in [-0.39, 0.29) is 11.9 Å². The highest BCUT2D eigenvalue weighted by atomic mass is 16.2. The first-order chi connectivity index (χ1) is 14.0. The molecule has 0 saturated heterocycles. The maximum atomic E-state index is 12.4. The Morgan fingerprint density at radius 3 is 2.41 bits per heavy atom. The summed E-state index contributed by atoms with van der Waals surface area (Å²) in [6.07, 6.45) is 8.91. The van der Waals surface area contributed by atoms with E-state index in [0.29, 0.717) is 12.1 Å². The Bertz CT molecular complexity index is 867. The van der Waals surface area contributed by atoms with Crippen LogP contribution in [0.15, 0.2) is 42.5 Å². The zero-order chi connectivity index (χ0) is 20.4. The molecule has 1 saturated carbocycles. The van der Waals surface area contributed by atoms with Crippen molar-refractivity contribution in [1.29, 1.82) is 0 Å². The smallest absolute Gasteiger partial charge is 0.224 e. The topological polar surface area (TPSA) is 32.3 Å². The second-order valence-corrected chi connectivity index (χ2v) is 9.02. The average molecular weight is 391 g/mol. The van der Waals surface area contributed by atoms with E-state index >= 15 is 0 Å². The molecule has 0 unspecified atom stereocenters. The number of benzene rings is 2. The molecule has 2 atom stereocenters. The van der Waals surface area contributed by atoms with E-state index < -0.39 is 0 Å². The summed E-state index contributed by atoms with van der Waals surface area (Å²) in [5.41, 5.74) is 6.11. The van der Waals surface area contributed by atoms with E-state index in [4.69, 9.17) is 0 Å². The standard InChI is InChI=1S/C26H34N2O/c1-18-9-8-10-21(15-18)22-13-14-26-24(17-22)25(16-19(2)28(26)20(3)29)27-23-11-6-4-5-7-12-23/h8-10,13-15,17,19,23,25,27H,4-7,11-12,16H2,1-3H3/t19-,25+/m0/s1. The van der Waals surface area contributed by atoms with Crippen molar-refractivity contribution in [1.82, 2.24) is 5.32 Å². The van der Waals surface area contributed by atoms with Crippen molar-refractivity contribution >= 4 is 11.6 Å². The van der Waals surface area contributed by atoms with Crippen LogP contribution in [0.4, 0.5) is 5.69 Å². The molecule has 1 fully saturated rings. The Morgan fingerprint density at radius 1 is 1.00 bits per heavy atom. The normalized spacial score (nSPS) is 22.8. The summed E-state index contributed by atoms with van der Waals surface area (Å²) in [7, 11) is 0. The van der Waals surface area contributed by atoms with Crippen molar-refractivity contribution in [2.24, 2.45) is 0 Å². The van der Waals surface area contributed by atoms with E-state index in [9.17, 15) is 4.79 Å². The fraction of sp³-hybridized carbons (Fsp3) is 0.500. The Kier molecular flexibility index (Phi) is 6.05. The molecule has 1 heterocycles. The van der Waals surface area contributed by atoms with E-state index in [0.717, 1.165) is 12.1 Å². The predicted molar refractivity (Wildman–Crippen MR) is 121 cm³/mol. The molecule has 0 spiro atoms. The molecule has 2 aromatic rings. The minimum absolute atomic E-state index is 0.134. The molecule has 2 aliphatic rings. The van der Waals surface area contributed by atoms with Crippen LogP contribution in [0, 0.1) is 6.92 Å². The lowest BCUT2D eigenvalue weighted by Gasteiger charge is -2.40. The highest BCUT2D eigenvalue weighted by Gasteiger charge is 2.33. The second kappa shape index (κ2) is 8.71. The number of anilines is 1. The van der Waals surface area contributed by atoms with Crippen LogP contribution in [0.5, 0.6) is 0 Å². The van der Waals surface area contributed by atoms with Crippen molar-refractivity contribution in [2.75, 3.05) is 4.90 Å². The molecule has 1 aliphatic carbocycles. The van der Waals surface area contributed by atoms with Crippen LogP contribution < -0.4 is 10.2 Å². The molecule has 29 heavy (non-hydrogen) atoms. The fourth-order valence-corrected chi connectivity index (χ4v) is 5.24. The number of carbonyl (C=O) groups is 1. The van der Waals surface area contributed by atoms with Crippen molar-refractivity contribution in [2.45, 2.75) is 83.8 Å². The lowest BCUT2D eigenvalue weighted by Crippen LogP contribution is -2.46. The van der Waals surface area contributed by atoms with Gasteiger partial charge in [-0.2, -0.15) is 0 Å². The van der Waals surface area contributed by atoms with Crippen molar-refractivity contribution in [3.63, 3.8) is 0 Å². The first-order valence-corrected chi connectivity index (χ1v) is 11.3. The van der Waals surface area contributed by atoms with Gasteiger partial charge in [-0.05, 0) is 61.9 Å². The molecule has 2 aromatic carbocycles. The number of fused-ring (bicyclic) bond motifs is 1. The predicted octanol–water partition coefficient (Wildman–Crippen LogP) is 6.16. The van der Waals surface area contributed by atoms with Crippen LogP contribution in [0.2, 0.25) is 0 Å². The maximum Gasteiger partial charge on any atom is 0.224 e. The minimum atomic E-state index is 0.134. The van der Waals surface area contributed by atoms with Crippen LogP contribution >= 0.6 is 0 Å². The molecular formula is C26H34N2O. The van der Waals surface area contributed by atoms with Crippen molar-refractivity contribution < 1.29 is 4.79 Å². The minimum Gasteiger partial charge on any atom is -0.309 e. The summed E-state index contributed by atoms with van der Waals surface area (Å²) in [6, 6.07) is 16.4. The Hall–Kier alpha value is -2.13. The molecule has 3 nitrogen and oxygen atoms in total. The summed E-state index contributed by atoms with van der Waals surface area (Å²) < 4.78 is 0. The van der Waals surface area contributed by atoms with Crippen LogP contribution in [0.25, 0.3) is 11.1 Å². The highest BCUT2D eigenvalue weighted by molar-refractivity contribution is 5.94. The van der Waals surface area contributed by atoms with Gasteiger partial charge in [0.1, 0.15) is 0 Å². The van der Waals surface area contributed by atoms with Gasteiger partial charge < -0.3 is 10.2 Å². The lowest BCUT2D eigenvalue weighted by atomic mass is 9.88. The molecule has 0 bridgehead atoms. The molecule has 4 rings (SSSR count). The van der Waals surface area contributed by atoms with Gasteiger partial charge in [0.15, 0.2) is 0 Å². The summed E-state index contributed by atoms with van der Waals surface area (Å²) in [5, 5.41) is 4.00. The van der Waals surface area contributed by atoms with E-state index in [1.54, 1.807) is 6.92 Å². The van der Waals surface area contributed by atoms with Gasteiger partial charge in [-0.3, -0.25) is 4.79 Å². The first kappa shape index (κ1) is 20.2. The summed E-state index contributed by atoms with van der Waals surface area (Å²) in [6.45, 7) is 6.01. The average Bonchev–Trinajstić information content (AvgIpc) is 2.96. The number of hydrogen-bond donors (Lipinski definition) is 1. The van der Waals surface area contributed by atoms with E-state index in [1.807, 2.05) is 4.90 Å². The quantitative estimate of drug-likeness (QED) is 0.637. The molecule has 0 radical (unpaired) electrons. The lowest BCUT2D eigenvalue weighted by molar-refractivity contribution is -0.117. The van der Waals surface area contributed by atoms with Crippen molar-refractivity contribution in [3.8, 4) is 11.1 Å². The molecule has 3 heteroatoms. The van der Waals surface area contributed by atoms with Crippen LogP contribution in [-0.2, 0) is 4.79 Å². The Morgan fingerprint density at radius 2 is 1.72 bits per heavy atom. The summed E-state index contributed by atoms with van der Waals surface area (Å²) >= 11 is 0. The fourth-order valence-electron chi connectivity index (χ4n) is 5.24. The Labute approximate surface area is 175 Å². The SMILES string of the molecule is CC(=O)N1c2ccc(-c3cccc(C)c3)cc2[C@H](NC2CCCCCC2)C[C@@H]1C. The van der Waals surface area contributed by atoms with Gasteiger partial charge >= 0.3 is 0 Å². The van der Waals surface area contributed by atoms with E-state index in [1.165, 1.54) is 60.8 Å². The second-order valence-electron chi connectivity index (χ2n) is 9.02. The number of amides is 1. The van der Waals surface area contributed by atoms with E-state index in [2.05, 4.69) is 61.6 Å². The Balaban J connectivity index is 1.71. The van der Waals surface area contributed by atoms with Crippen LogP contribution in [0.1, 0.15) is 76.0 Å². The number of nitrogens with one attached hydrogen (secondary N) is 1. The number of hydrogen-bond acceptors (Lipinski definition) is 2. The number of aryl methyl sites for hydroxylation is 1. The first-order valence-electron chi connectivity index (χ1n) is 11.3. The van der Waals surface area contributed by atoms with Crippen LogP contribution in [-0.4, -0.2) is 18.0 Å². The van der Waals surface area contributed by atoms with Gasteiger partial charge in [-0.25, -0.2) is 0 Å². The van der Waals surface area contributed by atoms with Gasteiger partial charge in [0.25, 0.3) is 0 Å². The van der Waals surface area contributed by atoms with Gasteiger partial charge in [-0.1, -0.05) is 61.6 Å². The maximum absolute atomic E-state index is 12.4. The molecular weight excluding hydrogens is 356 g/mol. The largest absolute Gasteiger partial charge is 0.309 e. The third kappa shape index (κ3) is 4.40. The number of rotatable bonds is 3. The van der Waals surface area contributed by atoms with Gasteiger partial charge in [0.2, 0.25) is 5.91 Å². The summed E-state index contributed by atoms with van der Waals surface area (Å²) in [5.74, 6) is 0.134. The monoisotopic (exact) mass is 390 g/mol. The number of nitrogens with zero attached hydrogens (tertiary/aromatic N) is 1. The summed E-state index contributed by atoms with van der Waals surface area (Å²) in [4.78, 5) is 14.4. The molecule has 1 amide bonds. The molecule has 1 aliphatic heterocycles. The van der Waals surface area contributed by atoms with Gasteiger partial charge in [0, 0.05) is 30.7 Å². The third-order valence-corrected chi connectivity index (χ3v) is 6.66. The molecule has 0 aromatic heterocycles. The zero-order valence-electron chi connectivity index (χ0n) is 18.1.